The van der Waals surface area contributed by atoms with Gasteiger partial charge in [0.15, 0.2) is 5.78 Å². The Bertz CT molecular complexity index is 516. The highest BCUT2D eigenvalue weighted by molar-refractivity contribution is 8.03. The van der Waals surface area contributed by atoms with Crippen molar-refractivity contribution in [1.29, 1.82) is 0 Å². The molecule has 0 aromatic heterocycles. The van der Waals surface area contributed by atoms with Crippen molar-refractivity contribution in [1.82, 2.24) is 0 Å². The third kappa shape index (κ3) is 6.69. The van der Waals surface area contributed by atoms with Crippen molar-refractivity contribution in [2.75, 3.05) is 19.0 Å². The zero-order valence-electron chi connectivity index (χ0n) is 12.2. The SMILES string of the molecule is CCOCC(=O)C1=C\C(F)=C(\SCC(C)=O)C/C=C\C=C\1. The first kappa shape index (κ1) is 17.6. The number of hydrogen-bond acceptors (Lipinski definition) is 4. The van der Waals surface area contributed by atoms with Gasteiger partial charge in [0.25, 0.3) is 0 Å². The Morgan fingerprint density at radius 2 is 2.14 bits per heavy atom. The van der Waals surface area contributed by atoms with Gasteiger partial charge in [0.1, 0.15) is 18.2 Å². The number of Topliss-reactive ketones (excluding diaryl/α,β-unsaturated/α-hetero) is 2. The van der Waals surface area contributed by atoms with Crippen LogP contribution in [0, 0.1) is 0 Å². The molecule has 1 rings (SSSR count). The van der Waals surface area contributed by atoms with E-state index in [1.165, 1.54) is 24.8 Å². The highest BCUT2D eigenvalue weighted by Crippen LogP contribution is 2.27. The summed E-state index contributed by atoms with van der Waals surface area (Å²) >= 11 is 1.17. The predicted molar refractivity (Wildman–Crippen MR) is 83.8 cm³/mol. The van der Waals surface area contributed by atoms with E-state index in [1.54, 1.807) is 31.2 Å². The van der Waals surface area contributed by atoms with Crippen LogP contribution < -0.4 is 0 Å². The molecule has 0 saturated heterocycles. The van der Waals surface area contributed by atoms with Gasteiger partial charge in [0.2, 0.25) is 0 Å². The van der Waals surface area contributed by atoms with E-state index in [0.29, 0.717) is 17.9 Å². The second-order valence-corrected chi connectivity index (χ2v) is 5.48. The molecule has 1 aliphatic rings. The lowest BCUT2D eigenvalue weighted by Gasteiger charge is -2.05. The largest absolute Gasteiger partial charge is 0.374 e. The third-order valence-corrected chi connectivity index (χ3v) is 3.84. The normalized spacial score (nSPS) is 24.2. The molecule has 0 aromatic carbocycles. The number of rotatable bonds is 7. The molecule has 21 heavy (non-hydrogen) atoms. The fraction of sp³-hybridized carbons (Fsp3) is 0.375. The molecule has 0 aromatic rings. The molecule has 0 atom stereocenters. The lowest BCUT2D eigenvalue weighted by Crippen LogP contribution is -2.10. The van der Waals surface area contributed by atoms with Crippen LogP contribution in [0.5, 0.6) is 0 Å². The van der Waals surface area contributed by atoms with Crippen LogP contribution in [0.2, 0.25) is 0 Å². The van der Waals surface area contributed by atoms with E-state index in [-0.39, 0.29) is 29.5 Å². The average Bonchev–Trinajstić information content (AvgIpc) is 2.53. The number of ether oxygens (including phenoxy) is 1. The minimum absolute atomic E-state index is 0.0149. The van der Waals surface area contributed by atoms with Gasteiger partial charge in [-0.05, 0) is 26.3 Å². The summed E-state index contributed by atoms with van der Waals surface area (Å²) in [6.45, 7) is 3.62. The molecule has 3 nitrogen and oxygen atoms in total. The Morgan fingerprint density at radius 1 is 1.38 bits per heavy atom. The molecule has 0 N–H and O–H groups in total. The summed E-state index contributed by atoms with van der Waals surface area (Å²) in [5.41, 5.74) is 0.258. The van der Waals surface area contributed by atoms with E-state index in [9.17, 15) is 14.0 Å². The quantitative estimate of drug-likeness (QED) is 0.721. The van der Waals surface area contributed by atoms with Crippen molar-refractivity contribution < 1.29 is 18.7 Å². The summed E-state index contributed by atoms with van der Waals surface area (Å²) in [6.07, 6.45) is 8.43. The molecule has 0 fully saturated rings. The smallest absolute Gasteiger partial charge is 0.188 e. The monoisotopic (exact) mass is 310 g/mol. The molecule has 0 heterocycles. The molecule has 0 bridgehead atoms. The first-order chi connectivity index (χ1) is 10.0. The highest BCUT2D eigenvalue weighted by atomic mass is 32.2. The summed E-state index contributed by atoms with van der Waals surface area (Å²) in [5.74, 6) is -0.536. The maximum absolute atomic E-state index is 14.3. The van der Waals surface area contributed by atoms with Crippen molar-refractivity contribution in [3.63, 3.8) is 0 Å². The van der Waals surface area contributed by atoms with Crippen LogP contribution in [-0.4, -0.2) is 30.5 Å². The number of thioether (sulfide) groups is 1. The van der Waals surface area contributed by atoms with Crippen LogP contribution in [-0.2, 0) is 14.3 Å². The molecular formula is C16H19FO3S. The highest BCUT2D eigenvalue weighted by Gasteiger charge is 2.12. The van der Waals surface area contributed by atoms with Gasteiger partial charge in [-0.1, -0.05) is 24.3 Å². The zero-order valence-corrected chi connectivity index (χ0v) is 13.0. The van der Waals surface area contributed by atoms with E-state index >= 15 is 0 Å². The Morgan fingerprint density at radius 3 is 2.81 bits per heavy atom. The van der Waals surface area contributed by atoms with E-state index in [1.807, 2.05) is 0 Å². The second kappa shape index (κ2) is 9.47. The fourth-order valence-corrected chi connectivity index (χ4v) is 2.33. The van der Waals surface area contributed by atoms with Crippen molar-refractivity contribution in [2.24, 2.45) is 0 Å². The summed E-state index contributed by atoms with van der Waals surface area (Å²) in [4.78, 5) is 23.4. The minimum atomic E-state index is -0.475. The van der Waals surface area contributed by atoms with Gasteiger partial charge in [-0.2, -0.15) is 0 Å². The fourth-order valence-electron chi connectivity index (χ4n) is 1.54. The van der Waals surface area contributed by atoms with Gasteiger partial charge in [-0.3, -0.25) is 9.59 Å². The van der Waals surface area contributed by atoms with E-state index in [4.69, 9.17) is 4.74 Å². The predicted octanol–water partition coefficient (Wildman–Crippen LogP) is 3.54. The Kier molecular flexibility index (Phi) is 7.93. The third-order valence-electron chi connectivity index (χ3n) is 2.58. The van der Waals surface area contributed by atoms with Crippen molar-refractivity contribution in [2.45, 2.75) is 20.3 Å². The van der Waals surface area contributed by atoms with Crippen LogP contribution >= 0.6 is 11.8 Å². The molecule has 0 radical (unpaired) electrons. The van der Waals surface area contributed by atoms with Crippen molar-refractivity contribution in [3.05, 3.63) is 46.7 Å². The number of hydrogen-bond donors (Lipinski definition) is 0. The van der Waals surface area contributed by atoms with Gasteiger partial charge in [0, 0.05) is 17.1 Å². The molecule has 0 aliphatic heterocycles. The Balaban J connectivity index is 2.97. The maximum Gasteiger partial charge on any atom is 0.188 e. The molecule has 1 aliphatic carbocycles. The number of ketones is 2. The van der Waals surface area contributed by atoms with Gasteiger partial charge in [0.05, 0.1) is 5.75 Å². The minimum Gasteiger partial charge on any atom is -0.374 e. The lowest BCUT2D eigenvalue weighted by molar-refractivity contribution is -0.119. The van der Waals surface area contributed by atoms with E-state index in [2.05, 4.69) is 0 Å². The van der Waals surface area contributed by atoms with E-state index < -0.39 is 5.83 Å². The summed E-state index contributed by atoms with van der Waals surface area (Å²) in [7, 11) is 0. The first-order valence-electron chi connectivity index (χ1n) is 6.71. The molecule has 0 saturated carbocycles. The Labute approximate surface area is 128 Å². The number of halogens is 1. The van der Waals surface area contributed by atoms with E-state index in [0.717, 1.165) is 0 Å². The first-order valence-corrected chi connectivity index (χ1v) is 7.70. The summed E-state index contributed by atoms with van der Waals surface area (Å²) in [6, 6.07) is 0. The van der Waals surface area contributed by atoms with Crippen LogP contribution in [0.1, 0.15) is 20.3 Å². The summed E-state index contributed by atoms with van der Waals surface area (Å²) in [5, 5.41) is 0. The molecular weight excluding hydrogens is 291 g/mol. The average molecular weight is 310 g/mol. The molecule has 0 spiro atoms. The summed E-state index contributed by atoms with van der Waals surface area (Å²) < 4.78 is 19.3. The topological polar surface area (TPSA) is 43.4 Å². The van der Waals surface area contributed by atoms with Gasteiger partial charge in [-0.25, -0.2) is 4.39 Å². The number of allylic oxidation sites excluding steroid dienone is 7. The molecule has 5 heteroatoms. The van der Waals surface area contributed by atoms with Crippen molar-refractivity contribution >= 4 is 23.3 Å². The Hall–Kier alpha value is -1.46. The van der Waals surface area contributed by atoms with Crippen molar-refractivity contribution in [3.8, 4) is 0 Å². The number of carbonyl (C=O) groups is 2. The zero-order chi connectivity index (χ0) is 15.7. The van der Waals surface area contributed by atoms with Crippen LogP contribution in [0.15, 0.2) is 46.7 Å². The van der Waals surface area contributed by atoms with Gasteiger partial charge >= 0.3 is 0 Å². The van der Waals surface area contributed by atoms with Crippen LogP contribution in [0.3, 0.4) is 0 Å². The lowest BCUT2D eigenvalue weighted by atomic mass is 10.1. The standard InChI is InChI=1S/C16H19FO3S/c1-3-20-10-15(19)13-7-5-4-6-8-16(14(17)9-13)21-11-12(2)18/h4-7,9H,3,8,10-11H2,1-2H3/b6-4-,7-5+,13-9-,16-14-. The molecule has 0 unspecified atom stereocenters. The van der Waals surface area contributed by atoms with Gasteiger partial charge in [-0.15, -0.1) is 11.8 Å². The second-order valence-electron chi connectivity index (χ2n) is 4.41. The number of carbonyl (C=O) groups excluding carboxylic acids is 2. The maximum atomic E-state index is 14.3. The molecule has 0 amide bonds. The van der Waals surface area contributed by atoms with Crippen LogP contribution in [0.25, 0.3) is 0 Å². The van der Waals surface area contributed by atoms with Gasteiger partial charge < -0.3 is 4.74 Å². The molecule has 114 valence electrons. The van der Waals surface area contributed by atoms with Crippen LogP contribution in [0.4, 0.5) is 4.39 Å².